The molecule has 0 aliphatic carbocycles. The van der Waals surface area contributed by atoms with E-state index in [0.717, 1.165) is 0 Å². The van der Waals surface area contributed by atoms with Crippen LogP contribution >= 0.6 is 0 Å². The number of benzene rings is 1. The van der Waals surface area contributed by atoms with Crippen molar-refractivity contribution in [1.29, 1.82) is 5.26 Å². The van der Waals surface area contributed by atoms with Gasteiger partial charge in [-0.2, -0.15) is 5.26 Å². The molecule has 0 aromatic heterocycles. The lowest BCUT2D eigenvalue weighted by molar-refractivity contribution is 0.303. The maximum absolute atomic E-state index is 8.85. The first kappa shape index (κ1) is 13.7. The zero-order chi connectivity index (χ0) is 13.1. The molecule has 0 heterocycles. The lowest BCUT2D eigenvalue weighted by atomic mass is 9.86. The van der Waals surface area contributed by atoms with Crippen LogP contribution < -0.4 is 0 Å². The second-order valence-electron chi connectivity index (χ2n) is 5.71. The third kappa shape index (κ3) is 3.57. The molecule has 2 nitrogen and oxygen atoms in total. The zero-order valence-electron chi connectivity index (χ0n) is 11.5. The minimum atomic E-state index is 0.182. The molecule has 0 saturated carbocycles. The minimum absolute atomic E-state index is 0.182. The minimum Gasteiger partial charge on any atom is -0.301 e. The molecule has 0 aliphatic rings. The molecule has 17 heavy (non-hydrogen) atoms. The average molecular weight is 230 g/mol. The number of hydrogen-bond donors (Lipinski definition) is 0. The van der Waals surface area contributed by atoms with Crippen molar-refractivity contribution in [1.82, 2.24) is 4.90 Å². The highest BCUT2D eigenvalue weighted by Gasteiger charge is 2.16. The van der Waals surface area contributed by atoms with Gasteiger partial charge in [-0.05, 0) is 30.6 Å². The van der Waals surface area contributed by atoms with Crippen LogP contribution in [0.4, 0.5) is 0 Å². The van der Waals surface area contributed by atoms with Gasteiger partial charge < -0.3 is 4.90 Å². The van der Waals surface area contributed by atoms with Gasteiger partial charge in [0.1, 0.15) is 0 Å². The Morgan fingerprint density at radius 2 is 1.71 bits per heavy atom. The Labute approximate surface area is 105 Å². The predicted octanol–water partition coefficient (Wildman–Crippen LogP) is 3.50. The van der Waals surface area contributed by atoms with Crippen molar-refractivity contribution in [3.63, 3.8) is 0 Å². The van der Waals surface area contributed by atoms with E-state index in [2.05, 4.69) is 56.0 Å². The van der Waals surface area contributed by atoms with E-state index in [9.17, 15) is 0 Å². The molecule has 1 unspecified atom stereocenters. The standard InChI is InChI=1S/C15H22N2/c1-15(2,3)13-8-6-12(7-9-13)14(10-11-16)17(4)5/h6-9,14H,10H2,1-5H3. The molecule has 0 fully saturated rings. The zero-order valence-corrected chi connectivity index (χ0v) is 11.5. The molecule has 1 aromatic rings. The Kier molecular flexibility index (Phi) is 4.31. The number of nitrogens with zero attached hydrogens (tertiary/aromatic N) is 2. The van der Waals surface area contributed by atoms with Gasteiger partial charge in [0, 0.05) is 6.04 Å². The predicted molar refractivity (Wildman–Crippen MR) is 71.8 cm³/mol. The van der Waals surface area contributed by atoms with Crippen molar-refractivity contribution in [2.45, 2.75) is 38.6 Å². The number of rotatable bonds is 3. The monoisotopic (exact) mass is 230 g/mol. The molecular formula is C15H22N2. The lowest BCUT2D eigenvalue weighted by Crippen LogP contribution is -2.20. The first-order valence-corrected chi connectivity index (χ1v) is 6.00. The van der Waals surface area contributed by atoms with Crippen molar-refractivity contribution >= 4 is 0 Å². The lowest BCUT2D eigenvalue weighted by Gasteiger charge is -2.24. The summed E-state index contributed by atoms with van der Waals surface area (Å²) in [4.78, 5) is 2.09. The van der Waals surface area contributed by atoms with Crippen molar-refractivity contribution < 1.29 is 0 Å². The molecule has 0 saturated heterocycles. The van der Waals surface area contributed by atoms with E-state index in [1.165, 1.54) is 11.1 Å². The molecule has 1 aromatic carbocycles. The van der Waals surface area contributed by atoms with Crippen LogP contribution in [0.25, 0.3) is 0 Å². The summed E-state index contributed by atoms with van der Waals surface area (Å²) < 4.78 is 0. The van der Waals surface area contributed by atoms with E-state index >= 15 is 0 Å². The quantitative estimate of drug-likeness (QED) is 0.794. The van der Waals surface area contributed by atoms with Crippen LogP contribution in [-0.4, -0.2) is 19.0 Å². The van der Waals surface area contributed by atoms with E-state index in [4.69, 9.17) is 5.26 Å². The highest BCUT2D eigenvalue weighted by Crippen LogP contribution is 2.26. The van der Waals surface area contributed by atoms with E-state index in [-0.39, 0.29) is 11.5 Å². The van der Waals surface area contributed by atoms with Crippen LogP contribution in [0.1, 0.15) is 44.4 Å². The van der Waals surface area contributed by atoms with Gasteiger partial charge in [-0.25, -0.2) is 0 Å². The van der Waals surface area contributed by atoms with E-state index in [1.807, 2.05) is 14.1 Å². The first-order chi connectivity index (χ1) is 7.86. The molecule has 2 heteroatoms. The summed E-state index contributed by atoms with van der Waals surface area (Å²) in [6.07, 6.45) is 0.530. The van der Waals surface area contributed by atoms with E-state index in [0.29, 0.717) is 6.42 Å². The average Bonchev–Trinajstić information content (AvgIpc) is 2.24. The van der Waals surface area contributed by atoms with Crippen molar-refractivity contribution in [2.75, 3.05) is 14.1 Å². The molecule has 1 atom stereocenters. The van der Waals surface area contributed by atoms with E-state index < -0.39 is 0 Å². The normalized spacial score (nSPS) is 13.5. The van der Waals surface area contributed by atoms with Crippen LogP contribution in [0.3, 0.4) is 0 Å². The summed E-state index contributed by atoms with van der Waals surface area (Å²) >= 11 is 0. The van der Waals surface area contributed by atoms with Gasteiger partial charge in [-0.1, -0.05) is 45.0 Å². The molecule has 0 radical (unpaired) electrons. The second kappa shape index (κ2) is 5.33. The highest BCUT2D eigenvalue weighted by molar-refractivity contribution is 5.29. The summed E-state index contributed by atoms with van der Waals surface area (Å²) in [6.45, 7) is 6.63. The molecule has 0 spiro atoms. The van der Waals surface area contributed by atoms with Crippen LogP contribution in [0.2, 0.25) is 0 Å². The summed E-state index contributed by atoms with van der Waals surface area (Å²) in [7, 11) is 4.03. The van der Waals surface area contributed by atoms with Gasteiger partial charge >= 0.3 is 0 Å². The molecule has 0 N–H and O–H groups in total. The summed E-state index contributed by atoms with van der Waals surface area (Å²) in [5, 5.41) is 8.85. The highest BCUT2D eigenvalue weighted by atomic mass is 15.1. The summed E-state index contributed by atoms with van der Waals surface area (Å²) in [6, 6.07) is 11.1. The SMILES string of the molecule is CN(C)C(CC#N)c1ccc(C(C)(C)C)cc1. The Morgan fingerprint density at radius 1 is 1.18 bits per heavy atom. The fraction of sp³-hybridized carbons (Fsp3) is 0.533. The molecule has 92 valence electrons. The van der Waals surface area contributed by atoms with Crippen LogP contribution in [-0.2, 0) is 5.41 Å². The van der Waals surface area contributed by atoms with Gasteiger partial charge in [0.2, 0.25) is 0 Å². The third-order valence-electron chi connectivity index (χ3n) is 3.07. The van der Waals surface area contributed by atoms with Gasteiger partial charge in [-0.3, -0.25) is 0 Å². The smallest absolute Gasteiger partial charge is 0.0641 e. The summed E-state index contributed by atoms with van der Waals surface area (Å²) in [5.41, 5.74) is 2.72. The first-order valence-electron chi connectivity index (χ1n) is 6.00. The van der Waals surface area contributed by atoms with Gasteiger partial charge in [0.25, 0.3) is 0 Å². The van der Waals surface area contributed by atoms with Gasteiger partial charge in [-0.15, -0.1) is 0 Å². The maximum atomic E-state index is 8.85. The Bertz CT molecular complexity index is 390. The largest absolute Gasteiger partial charge is 0.301 e. The van der Waals surface area contributed by atoms with Crippen molar-refractivity contribution in [2.24, 2.45) is 0 Å². The molecule has 0 aliphatic heterocycles. The third-order valence-corrected chi connectivity index (χ3v) is 3.07. The fourth-order valence-electron chi connectivity index (χ4n) is 1.89. The van der Waals surface area contributed by atoms with Gasteiger partial charge in [0.05, 0.1) is 12.5 Å². The maximum Gasteiger partial charge on any atom is 0.0641 e. The van der Waals surface area contributed by atoms with Crippen molar-refractivity contribution in [3.05, 3.63) is 35.4 Å². The number of hydrogen-bond acceptors (Lipinski definition) is 2. The molecular weight excluding hydrogens is 208 g/mol. The van der Waals surface area contributed by atoms with E-state index in [1.54, 1.807) is 0 Å². The molecule has 0 amide bonds. The molecule has 0 bridgehead atoms. The Hall–Kier alpha value is -1.33. The Balaban J connectivity index is 2.97. The second-order valence-corrected chi connectivity index (χ2v) is 5.71. The van der Waals surface area contributed by atoms with Crippen LogP contribution in [0.5, 0.6) is 0 Å². The van der Waals surface area contributed by atoms with Gasteiger partial charge in [0.15, 0.2) is 0 Å². The molecule has 1 rings (SSSR count). The van der Waals surface area contributed by atoms with Crippen LogP contribution in [0.15, 0.2) is 24.3 Å². The van der Waals surface area contributed by atoms with Crippen molar-refractivity contribution in [3.8, 4) is 6.07 Å². The fourth-order valence-corrected chi connectivity index (χ4v) is 1.89. The topological polar surface area (TPSA) is 27.0 Å². The Morgan fingerprint density at radius 3 is 2.06 bits per heavy atom. The van der Waals surface area contributed by atoms with Crippen LogP contribution in [0, 0.1) is 11.3 Å². The number of nitriles is 1. The summed E-state index contributed by atoms with van der Waals surface area (Å²) in [5.74, 6) is 0.